The van der Waals surface area contributed by atoms with Gasteiger partial charge in [0.15, 0.2) is 0 Å². The fraction of sp³-hybridized carbons (Fsp3) is 0.375. The molecule has 1 N–H and O–H groups in total. The summed E-state index contributed by atoms with van der Waals surface area (Å²) in [6, 6.07) is 12.8. The molecule has 0 aromatic heterocycles. The number of esters is 1. The zero-order chi connectivity index (χ0) is 25.3. The number of methoxy groups -OCH3 is 1. The van der Waals surface area contributed by atoms with E-state index in [9.17, 15) is 14.4 Å². The highest BCUT2D eigenvalue weighted by atomic mass is 35.5. The first-order valence-electron chi connectivity index (χ1n) is 10.5. The Morgan fingerprint density at radius 3 is 2.26 bits per heavy atom. The number of carbonyl (C=O) groups excluding carboxylic acids is 3. The van der Waals surface area contributed by atoms with Crippen molar-refractivity contribution in [2.75, 3.05) is 13.7 Å². The van der Waals surface area contributed by atoms with Crippen LogP contribution < -0.4 is 5.32 Å². The van der Waals surface area contributed by atoms with Gasteiger partial charge in [0.1, 0.15) is 18.2 Å². The highest BCUT2D eigenvalue weighted by Crippen LogP contribution is 2.23. The van der Waals surface area contributed by atoms with Gasteiger partial charge >= 0.3 is 18.2 Å². The summed E-state index contributed by atoms with van der Waals surface area (Å²) in [4.78, 5) is 38.9. The molecule has 0 bridgehead atoms. The van der Waals surface area contributed by atoms with Gasteiger partial charge in [-0.1, -0.05) is 59.6 Å². The Labute approximate surface area is 209 Å². The van der Waals surface area contributed by atoms with Gasteiger partial charge in [0.2, 0.25) is 0 Å². The summed E-state index contributed by atoms with van der Waals surface area (Å²) in [7, 11) is 1.18. The summed E-state index contributed by atoms with van der Waals surface area (Å²) in [6.45, 7) is 4.90. The van der Waals surface area contributed by atoms with Crippen LogP contribution in [0.4, 0.5) is 9.59 Å². The van der Waals surface area contributed by atoms with Gasteiger partial charge in [-0.2, -0.15) is 0 Å². The second-order valence-electron chi connectivity index (χ2n) is 8.39. The SMILES string of the molecule is COC(=O)C(CN(Cc1ccc(Cl)c(Cl)c1)C(=O)OCc1ccccc1)NC(=O)OC(C)(C)C. The van der Waals surface area contributed by atoms with Gasteiger partial charge in [-0.3, -0.25) is 0 Å². The smallest absolute Gasteiger partial charge is 0.410 e. The first-order chi connectivity index (χ1) is 16.0. The standard InChI is InChI=1S/C24H28Cl2N2O6/c1-24(2,3)34-22(30)27-20(21(29)32-4)14-28(13-17-10-11-18(25)19(26)12-17)23(31)33-15-16-8-6-5-7-9-16/h5-12,20H,13-15H2,1-4H3,(H,27,30). The van der Waals surface area contributed by atoms with Crippen molar-refractivity contribution in [1.29, 1.82) is 0 Å². The Morgan fingerprint density at radius 1 is 1.00 bits per heavy atom. The van der Waals surface area contributed by atoms with E-state index in [1.54, 1.807) is 39.0 Å². The van der Waals surface area contributed by atoms with Gasteiger partial charge in [0, 0.05) is 6.54 Å². The van der Waals surface area contributed by atoms with Crippen LogP contribution in [0.15, 0.2) is 48.5 Å². The maximum Gasteiger partial charge on any atom is 0.410 e. The molecule has 2 rings (SSSR count). The number of hydrogen-bond donors (Lipinski definition) is 1. The molecular formula is C24H28Cl2N2O6. The van der Waals surface area contributed by atoms with Crippen LogP contribution in [-0.2, 0) is 32.2 Å². The second-order valence-corrected chi connectivity index (χ2v) is 9.21. The monoisotopic (exact) mass is 510 g/mol. The lowest BCUT2D eigenvalue weighted by molar-refractivity contribution is -0.143. The molecule has 0 saturated heterocycles. The molecule has 34 heavy (non-hydrogen) atoms. The minimum absolute atomic E-state index is 0.0277. The maximum absolute atomic E-state index is 13.0. The molecule has 0 spiro atoms. The van der Waals surface area contributed by atoms with Crippen LogP contribution in [-0.4, -0.2) is 48.4 Å². The third-order valence-corrected chi connectivity index (χ3v) is 5.14. The van der Waals surface area contributed by atoms with E-state index in [-0.39, 0.29) is 19.7 Å². The number of nitrogens with one attached hydrogen (secondary N) is 1. The zero-order valence-electron chi connectivity index (χ0n) is 19.5. The summed E-state index contributed by atoms with van der Waals surface area (Å²) in [5.74, 6) is -0.749. The second kappa shape index (κ2) is 12.5. The van der Waals surface area contributed by atoms with Gasteiger partial charge in [0.25, 0.3) is 0 Å². The molecule has 1 atom stereocenters. The van der Waals surface area contributed by atoms with E-state index in [1.165, 1.54) is 12.0 Å². The lowest BCUT2D eigenvalue weighted by Gasteiger charge is -2.27. The molecule has 2 amide bonds. The number of ether oxygens (including phenoxy) is 3. The molecule has 0 fully saturated rings. The van der Waals surface area contributed by atoms with Gasteiger partial charge in [0.05, 0.1) is 23.7 Å². The first-order valence-corrected chi connectivity index (χ1v) is 11.2. The third-order valence-electron chi connectivity index (χ3n) is 4.40. The topological polar surface area (TPSA) is 94.2 Å². The van der Waals surface area contributed by atoms with Crippen LogP contribution in [0.1, 0.15) is 31.9 Å². The van der Waals surface area contributed by atoms with Crippen molar-refractivity contribution in [2.24, 2.45) is 0 Å². The van der Waals surface area contributed by atoms with Crippen molar-refractivity contribution in [3.63, 3.8) is 0 Å². The molecule has 2 aromatic carbocycles. The van der Waals surface area contributed by atoms with Gasteiger partial charge < -0.3 is 24.4 Å². The van der Waals surface area contributed by atoms with Crippen LogP contribution in [0, 0.1) is 0 Å². The molecule has 0 radical (unpaired) electrons. The average molecular weight is 511 g/mol. The van der Waals surface area contributed by atoms with E-state index in [0.29, 0.717) is 15.6 Å². The number of halogens is 2. The van der Waals surface area contributed by atoms with E-state index >= 15 is 0 Å². The number of rotatable bonds is 8. The van der Waals surface area contributed by atoms with Crippen molar-refractivity contribution in [3.8, 4) is 0 Å². The normalized spacial score (nSPS) is 11.8. The van der Waals surface area contributed by atoms with E-state index in [0.717, 1.165) is 5.56 Å². The van der Waals surface area contributed by atoms with Crippen molar-refractivity contribution in [2.45, 2.75) is 45.6 Å². The summed E-state index contributed by atoms with van der Waals surface area (Å²) in [5, 5.41) is 3.13. The molecule has 0 aliphatic rings. The summed E-state index contributed by atoms with van der Waals surface area (Å²) in [6.07, 6.45) is -1.52. The van der Waals surface area contributed by atoms with Crippen LogP contribution >= 0.6 is 23.2 Å². The Bertz CT molecular complexity index is 995. The van der Waals surface area contributed by atoms with Crippen LogP contribution in [0.25, 0.3) is 0 Å². The molecule has 0 aliphatic heterocycles. The molecule has 1 unspecified atom stereocenters. The number of benzene rings is 2. The highest BCUT2D eigenvalue weighted by molar-refractivity contribution is 6.42. The fourth-order valence-corrected chi connectivity index (χ4v) is 3.18. The number of amides is 2. The van der Waals surface area contributed by atoms with E-state index in [4.69, 9.17) is 37.4 Å². The fourth-order valence-electron chi connectivity index (χ4n) is 2.86. The Kier molecular flexibility index (Phi) is 10.0. The van der Waals surface area contributed by atoms with Crippen molar-refractivity contribution >= 4 is 41.4 Å². The minimum atomic E-state index is -1.20. The maximum atomic E-state index is 13.0. The van der Waals surface area contributed by atoms with Crippen molar-refractivity contribution in [3.05, 3.63) is 69.7 Å². The van der Waals surface area contributed by atoms with E-state index in [2.05, 4.69) is 5.32 Å². The average Bonchev–Trinajstić information content (AvgIpc) is 2.77. The third kappa shape index (κ3) is 9.11. The molecule has 0 aliphatic carbocycles. The lowest BCUT2D eigenvalue weighted by atomic mass is 10.2. The van der Waals surface area contributed by atoms with Crippen molar-refractivity contribution < 1.29 is 28.6 Å². The number of alkyl carbamates (subject to hydrolysis) is 1. The Hall–Kier alpha value is -2.97. The molecule has 184 valence electrons. The predicted molar refractivity (Wildman–Crippen MR) is 129 cm³/mol. The molecule has 2 aromatic rings. The van der Waals surface area contributed by atoms with Crippen LogP contribution in [0.3, 0.4) is 0 Å². The zero-order valence-corrected chi connectivity index (χ0v) is 21.0. The van der Waals surface area contributed by atoms with Crippen molar-refractivity contribution in [1.82, 2.24) is 10.2 Å². The minimum Gasteiger partial charge on any atom is -0.467 e. The summed E-state index contributed by atoms with van der Waals surface area (Å²) >= 11 is 12.1. The quantitative estimate of drug-likeness (QED) is 0.387. The summed E-state index contributed by atoms with van der Waals surface area (Å²) in [5.41, 5.74) is 0.660. The summed E-state index contributed by atoms with van der Waals surface area (Å²) < 4.78 is 15.5. The molecule has 0 saturated carbocycles. The number of nitrogens with zero attached hydrogens (tertiary/aromatic N) is 1. The molecule has 8 nitrogen and oxygen atoms in total. The van der Waals surface area contributed by atoms with Gasteiger partial charge in [-0.15, -0.1) is 0 Å². The van der Waals surface area contributed by atoms with Crippen LogP contribution in [0.2, 0.25) is 10.0 Å². The van der Waals surface area contributed by atoms with Crippen LogP contribution in [0.5, 0.6) is 0 Å². The lowest BCUT2D eigenvalue weighted by Crippen LogP contribution is -2.51. The molecule has 0 heterocycles. The highest BCUT2D eigenvalue weighted by Gasteiger charge is 2.30. The largest absolute Gasteiger partial charge is 0.467 e. The van der Waals surface area contributed by atoms with E-state index in [1.807, 2.05) is 30.3 Å². The Morgan fingerprint density at radius 2 is 1.68 bits per heavy atom. The number of hydrogen-bond acceptors (Lipinski definition) is 6. The first kappa shape index (κ1) is 27.3. The molecular weight excluding hydrogens is 483 g/mol. The van der Waals surface area contributed by atoms with Gasteiger partial charge in [-0.05, 0) is 44.0 Å². The number of carbonyl (C=O) groups is 3. The molecule has 10 heteroatoms. The van der Waals surface area contributed by atoms with Gasteiger partial charge in [-0.25, -0.2) is 14.4 Å². The van der Waals surface area contributed by atoms with E-state index < -0.39 is 29.8 Å². The Balaban J connectivity index is 2.23. The predicted octanol–water partition coefficient (Wildman–Crippen LogP) is 5.20.